The molecule has 5 rings (SSSR count). The summed E-state index contributed by atoms with van der Waals surface area (Å²) in [5.74, 6) is -0.457. The molecule has 11 heteroatoms. The molecule has 46 heavy (non-hydrogen) atoms. The monoisotopic (exact) mass is 631 g/mol. The molecule has 1 N–H and O–H groups in total. The van der Waals surface area contributed by atoms with E-state index in [2.05, 4.69) is 22.4 Å². The highest BCUT2D eigenvalue weighted by Gasteiger charge is 2.32. The summed E-state index contributed by atoms with van der Waals surface area (Å²) in [5.41, 5.74) is 4.21. The largest absolute Gasteiger partial charge is 0.444 e. The number of amides is 2. The molecule has 2 aromatic carbocycles. The topological polar surface area (TPSA) is 118 Å². The number of piperidine rings is 1. The van der Waals surface area contributed by atoms with Crippen LogP contribution < -0.4 is 5.32 Å². The van der Waals surface area contributed by atoms with E-state index in [1.165, 1.54) is 19.1 Å². The summed E-state index contributed by atoms with van der Waals surface area (Å²) in [7, 11) is 0. The number of aromatic nitrogens is 1. The van der Waals surface area contributed by atoms with Gasteiger partial charge in [-0.1, -0.05) is 12.1 Å². The molecule has 3 heterocycles. The van der Waals surface area contributed by atoms with E-state index in [1.54, 1.807) is 11.8 Å². The highest BCUT2D eigenvalue weighted by atomic mass is 19.1. The molecule has 0 bridgehead atoms. The van der Waals surface area contributed by atoms with Crippen LogP contribution >= 0.6 is 0 Å². The maximum Gasteiger partial charge on any atom is 0.410 e. The Morgan fingerprint density at radius 2 is 1.80 bits per heavy atom. The number of pyridine rings is 1. The number of nitrogens with zero attached hydrogens (tertiary/aromatic N) is 4. The van der Waals surface area contributed by atoms with Gasteiger partial charge in [-0.15, -0.1) is 0 Å². The average molecular weight is 632 g/mol. The van der Waals surface area contributed by atoms with Gasteiger partial charge in [-0.2, -0.15) is 0 Å². The third-order valence-electron chi connectivity index (χ3n) is 8.64. The maximum absolute atomic E-state index is 15.1. The van der Waals surface area contributed by atoms with Crippen LogP contribution in [0.2, 0.25) is 0 Å². The van der Waals surface area contributed by atoms with Crippen molar-refractivity contribution >= 4 is 39.9 Å². The summed E-state index contributed by atoms with van der Waals surface area (Å²) < 4.78 is 20.6. The predicted molar refractivity (Wildman–Crippen MR) is 176 cm³/mol. The minimum Gasteiger partial charge on any atom is -0.444 e. The van der Waals surface area contributed by atoms with Gasteiger partial charge in [0.2, 0.25) is 5.91 Å². The normalized spacial score (nSPS) is 16.6. The molecule has 1 atom stereocenters. The number of fused-ring (bicyclic) bond motifs is 1. The van der Waals surface area contributed by atoms with Gasteiger partial charge < -0.3 is 19.9 Å². The lowest BCUT2D eigenvalue weighted by atomic mass is 9.93. The number of hydrogen-bond donors (Lipinski definition) is 1. The number of anilines is 1. The van der Waals surface area contributed by atoms with Crippen molar-refractivity contribution in [2.45, 2.75) is 72.4 Å². The summed E-state index contributed by atoms with van der Waals surface area (Å²) in [5, 5.41) is 15.7. The number of carbonyl (C=O) groups excluding carboxylic acids is 2. The first-order valence-electron chi connectivity index (χ1n) is 15.8. The number of nitro groups is 1. The summed E-state index contributed by atoms with van der Waals surface area (Å²) in [6, 6.07) is 9.92. The van der Waals surface area contributed by atoms with Crippen LogP contribution in [0.5, 0.6) is 0 Å². The smallest absolute Gasteiger partial charge is 0.410 e. The van der Waals surface area contributed by atoms with Crippen LogP contribution in [-0.4, -0.2) is 63.5 Å². The molecule has 3 aromatic rings. The van der Waals surface area contributed by atoms with Crippen LogP contribution in [0.1, 0.15) is 75.4 Å². The van der Waals surface area contributed by atoms with Gasteiger partial charge in [0.25, 0.3) is 5.69 Å². The Kier molecular flexibility index (Phi) is 9.32. The molecule has 2 aliphatic rings. The zero-order valence-corrected chi connectivity index (χ0v) is 27.4. The number of hydrogen-bond acceptors (Lipinski definition) is 7. The average Bonchev–Trinajstić information content (AvgIpc) is 3.01. The molecular formula is C35H42FN5O5. The van der Waals surface area contributed by atoms with Crippen molar-refractivity contribution in [3.05, 3.63) is 80.8 Å². The Hall–Kier alpha value is -4.54. The van der Waals surface area contributed by atoms with E-state index in [9.17, 15) is 19.7 Å². The highest BCUT2D eigenvalue weighted by Crippen LogP contribution is 2.34. The molecule has 10 nitrogen and oxygen atoms in total. The van der Waals surface area contributed by atoms with E-state index in [1.807, 2.05) is 50.8 Å². The van der Waals surface area contributed by atoms with E-state index in [-0.39, 0.29) is 34.7 Å². The molecular weight excluding hydrogens is 589 g/mol. The third-order valence-corrected chi connectivity index (χ3v) is 8.64. The van der Waals surface area contributed by atoms with Crippen LogP contribution in [0, 0.1) is 35.7 Å². The minimum absolute atomic E-state index is 0.112. The lowest BCUT2D eigenvalue weighted by molar-refractivity contribution is -0.385. The Bertz CT molecular complexity index is 1710. The number of carbonyl (C=O) groups is 2. The van der Waals surface area contributed by atoms with Crippen molar-refractivity contribution in [1.82, 2.24) is 14.8 Å². The van der Waals surface area contributed by atoms with E-state index < -0.39 is 22.4 Å². The summed E-state index contributed by atoms with van der Waals surface area (Å²) >= 11 is 0. The number of nitrogens with one attached hydrogen (secondary N) is 1. The number of aryl methyl sites for hydroxylation is 2. The highest BCUT2D eigenvalue weighted by molar-refractivity contribution is 5.94. The fourth-order valence-corrected chi connectivity index (χ4v) is 6.21. The van der Waals surface area contributed by atoms with Gasteiger partial charge >= 0.3 is 6.09 Å². The quantitative estimate of drug-likeness (QED) is 0.223. The van der Waals surface area contributed by atoms with Gasteiger partial charge in [-0.05, 0) is 95.7 Å². The van der Waals surface area contributed by atoms with E-state index >= 15 is 4.39 Å². The molecule has 0 spiro atoms. The van der Waals surface area contributed by atoms with E-state index in [0.717, 1.165) is 33.4 Å². The first-order chi connectivity index (χ1) is 21.7. The number of likely N-dealkylation sites (tertiary alicyclic amines) is 1. The lowest BCUT2D eigenvalue weighted by Gasteiger charge is -2.36. The molecule has 0 saturated carbocycles. The zero-order chi connectivity index (χ0) is 33.3. The number of halogens is 1. The Morgan fingerprint density at radius 3 is 2.43 bits per heavy atom. The van der Waals surface area contributed by atoms with Crippen LogP contribution in [0.25, 0.3) is 16.5 Å². The molecule has 1 fully saturated rings. The molecule has 0 unspecified atom stereocenters. The Balaban J connectivity index is 1.29. The van der Waals surface area contributed by atoms with Crippen molar-refractivity contribution in [3.8, 4) is 0 Å². The van der Waals surface area contributed by atoms with Gasteiger partial charge in [0.1, 0.15) is 11.4 Å². The van der Waals surface area contributed by atoms with Gasteiger partial charge in [0, 0.05) is 66.6 Å². The van der Waals surface area contributed by atoms with Crippen LogP contribution in [0.3, 0.4) is 0 Å². The Labute approximate surface area is 268 Å². The second-order valence-electron chi connectivity index (χ2n) is 13.3. The molecule has 244 valence electrons. The summed E-state index contributed by atoms with van der Waals surface area (Å²) in [4.78, 5) is 45.0. The van der Waals surface area contributed by atoms with Crippen molar-refractivity contribution in [1.29, 1.82) is 0 Å². The van der Waals surface area contributed by atoms with Gasteiger partial charge in [-0.25, -0.2) is 9.18 Å². The lowest BCUT2D eigenvalue weighted by Crippen LogP contribution is -2.46. The molecule has 0 radical (unpaired) electrons. The molecule has 0 aliphatic carbocycles. The van der Waals surface area contributed by atoms with E-state index in [4.69, 9.17) is 4.74 Å². The number of ether oxygens (including phenoxy) is 1. The van der Waals surface area contributed by atoms with Crippen LogP contribution in [0.4, 0.5) is 20.6 Å². The molecule has 1 saturated heterocycles. The number of non-ortho nitro benzene ring substituents is 1. The van der Waals surface area contributed by atoms with Gasteiger partial charge in [0.05, 0.1) is 16.5 Å². The fourth-order valence-electron chi connectivity index (χ4n) is 6.21. The summed E-state index contributed by atoms with van der Waals surface area (Å²) in [6.07, 6.45) is 3.71. The third kappa shape index (κ3) is 7.29. The maximum atomic E-state index is 15.1. The molecule has 2 aliphatic heterocycles. The molecule has 2 amide bonds. The number of benzene rings is 2. The van der Waals surface area contributed by atoms with Crippen molar-refractivity contribution in [2.75, 3.05) is 31.5 Å². The van der Waals surface area contributed by atoms with Crippen molar-refractivity contribution in [2.24, 2.45) is 5.92 Å². The van der Waals surface area contributed by atoms with E-state index in [0.29, 0.717) is 45.4 Å². The van der Waals surface area contributed by atoms with Crippen molar-refractivity contribution < 1.29 is 23.6 Å². The van der Waals surface area contributed by atoms with Gasteiger partial charge in [0.15, 0.2) is 0 Å². The summed E-state index contributed by atoms with van der Waals surface area (Å²) in [6.45, 7) is 12.9. The minimum atomic E-state index is -0.551. The van der Waals surface area contributed by atoms with Gasteiger partial charge in [-0.3, -0.25) is 19.9 Å². The second kappa shape index (κ2) is 13.1. The standard InChI is InChI=1S/C35H42FN5O5/c1-21-17-27(41(44)45)20-28(32(21)36)23(3)38-31-18-22(2)37-30-8-7-26(19-29(30)31)24-9-13-39(14-10-24)33(42)25-11-15-40(16-12-25)34(43)46-35(4,5)6/h7-9,17-20,23,25H,10-16H2,1-6H3,(H,37,38)/t23-/m1/s1. The SMILES string of the molecule is Cc1cc(N[C@H](C)c2cc([N+](=O)[O-])cc(C)c2F)c2cc(C3=CCN(C(=O)C4CCN(C(=O)OC(C)(C)C)CC4)CC3)ccc2n1. The molecule has 1 aromatic heterocycles. The number of nitro benzene ring substituents is 1. The van der Waals surface area contributed by atoms with Crippen molar-refractivity contribution in [3.63, 3.8) is 0 Å². The second-order valence-corrected chi connectivity index (χ2v) is 13.3. The predicted octanol–water partition coefficient (Wildman–Crippen LogP) is 7.33. The van der Waals surface area contributed by atoms with Crippen LogP contribution in [-0.2, 0) is 9.53 Å². The first kappa shape index (κ1) is 32.8. The first-order valence-corrected chi connectivity index (χ1v) is 15.8. The van der Waals surface area contributed by atoms with Crippen LogP contribution in [0.15, 0.2) is 42.5 Å². The Morgan fingerprint density at radius 1 is 1.09 bits per heavy atom. The number of rotatable bonds is 6. The zero-order valence-electron chi connectivity index (χ0n) is 27.4. The fraction of sp³-hybridized carbons (Fsp3) is 0.457.